The van der Waals surface area contributed by atoms with Crippen LogP contribution in [-0.2, 0) is 4.79 Å². The number of rotatable bonds is 4. The van der Waals surface area contributed by atoms with Crippen molar-refractivity contribution in [2.75, 3.05) is 6.54 Å². The van der Waals surface area contributed by atoms with Gasteiger partial charge >= 0.3 is 0 Å². The van der Waals surface area contributed by atoms with Crippen LogP contribution in [0.25, 0.3) is 0 Å². The van der Waals surface area contributed by atoms with Crippen LogP contribution in [0.4, 0.5) is 0 Å². The summed E-state index contributed by atoms with van der Waals surface area (Å²) in [5.41, 5.74) is 0. The molecule has 2 heteroatoms. The summed E-state index contributed by atoms with van der Waals surface area (Å²) in [6, 6.07) is 0.520. The summed E-state index contributed by atoms with van der Waals surface area (Å²) < 4.78 is 0. The highest BCUT2D eigenvalue weighted by Crippen LogP contribution is 2.23. The molecule has 1 saturated heterocycles. The van der Waals surface area contributed by atoms with Gasteiger partial charge in [0.1, 0.15) is 0 Å². The van der Waals surface area contributed by atoms with E-state index in [1.54, 1.807) is 0 Å². The Balaban J connectivity index is 2.62. The summed E-state index contributed by atoms with van der Waals surface area (Å²) >= 11 is 0. The van der Waals surface area contributed by atoms with E-state index in [0.717, 1.165) is 25.8 Å². The second-order valence-electron chi connectivity index (χ2n) is 4.60. The molecule has 0 aliphatic carbocycles. The second kappa shape index (κ2) is 6.14. The minimum Gasteiger partial charge on any atom is -0.339 e. The summed E-state index contributed by atoms with van der Waals surface area (Å²) in [5, 5.41) is 0. The number of nitrogens with zero attached hydrogens (tertiary/aromatic N) is 1. The molecule has 1 aliphatic heterocycles. The minimum atomic E-state index is 0.261. The zero-order valence-corrected chi connectivity index (χ0v) is 10.5. The third-order valence-electron chi connectivity index (χ3n) is 3.72. The molecule has 1 aliphatic rings. The first kappa shape index (κ1) is 12.5. The maximum atomic E-state index is 12.3. The summed E-state index contributed by atoms with van der Waals surface area (Å²) in [4.78, 5) is 14.4. The van der Waals surface area contributed by atoms with Gasteiger partial charge in [0.05, 0.1) is 0 Å². The Morgan fingerprint density at radius 3 is 2.47 bits per heavy atom. The Morgan fingerprint density at radius 2 is 1.93 bits per heavy atom. The van der Waals surface area contributed by atoms with Crippen LogP contribution in [-0.4, -0.2) is 23.4 Å². The largest absolute Gasteiger partial charge is 0.339 e. The van der Waals surface area contributed by atoms with Gasteiger partial charge in [0.15, 0.2) is 0 Å². The van der Waals surface area contributed by atoms with Gasteiger partial charge in [0.25, 0.3) is 0 Å². The predicted molar refractivity (Wildman–Crippen MR) is 63.7 cm³/mol. The van der Waals surface area contributed by atoms with Crippen LogP contribution in [0.15, 0.2) is 0 Å². The number of hydrogen-bond acceptors (Lipinski definition) is 1. The van der Waals surface area contributed by atoms with Crippen molar-refractivity contribution in [3.8, 4) is 0 Å². The second-order valence-corrected chi connectivity index (χ2v) is 4.60. The van der Waals surface area contributed by atoms with E-state index in [2.05, 4.69) is 25.7 Å². The van der Waals surface area contributed by atoms with Crippen LogP contribution in [0.1, 0.15) is 59.3 Å². The molecule has 1 amide bonds. The van der Waals surface area contributed by atoms with E-state index in [4.69, 9.17) is 0 Å². The molecular formula is C13H25NO. The topological polar surface area (TPSA) is 20.3 Å². The first-order valence-corrected chi connectivity index (χ1v) is 6.55. The van der Waals surface area contributed by atoms with Crippen molar-refractivity contribution in [3.63, 3.8) is 0 Å². The highest BCUT2D eigenvalue weighted by Gasteiger charge is 2.28. The molecule has 0 radical (unpaired) electrons. The van der Waals surface area contributed by atoms with Gasteiger partial charge in [-0.3, -0.25) is 4.79 Å². The Hall–Kier alpha value is -0.530. The first-order valence-electron chi connectivity index (χ1n) is 6.55. The summed E-state index contributed by atoms with van der Waals surface area (Å²) in [6.07, 6.45) is 6.80. The molecule has 0 aromatic rings. The van der Waals surface area contributed by atoms with Gasteiger partial charge in [0, 0.05) is 18.5 Å². The third kappa shape index (κ3) is 2.96. The van der Waals surface area contributed by atoms with Crippen molar-refractivity contribution in [1.82, 2.24) is 4.90 Å². The zero-order valence-electron chi connectivity index (χ0n) is 10.5. The van der Waals surface area contributed by atoms with E-state index in [-0.39, 0.29) is 5.92 Å². The van der Waals surface area contributed by atoms with Gasteiger partial charge in [-0.25, -0.2) is 0 Å². The zero-order chi connectivity index (χ0) is 11.3. The fraction of sp³-hybridized carbons (Fsp3) is 0.923. The molecule has 1 atom stereocenters. The summed E-state index contributed by atoms with van der Waals surface area (Å²) in [7, 11) is 0. The van der Waals surface area contributed by atoms with Crippen LogP contribution < -0.4 is 0 Å². The Bertz CT molecular complexity index is 199. The van der Waals surface area contributed by atoms with Crippen LogP contribution in [0.3, 0.4) is 0 Å². The van der Waals surface area contributed by atoms with E-state index in [9.17, 15) is 4.79 Å². The highest BCUT2D eigenvalue weighted by molar-refractivity contribution is 5.79. The van der Waals surface area contributed by atoms with Crippen molar-refractivity contribution < 1.29 is 4.79 Å². The highest BCUT2D eigenvalue weighted by atomic mass is 16.2. The van der Waals surface area contributed by atoms with Gasteiger partial charge in [0.2, 0.25) is 5.91 Å². The molecule has 0 N–H and O–H groups in total. The average Bonchev–Trinajstić information content (AvgIpc) is 2.30. The summed E-state index contributed by atoms with van der Waals surface area (Å²) in [6.45, 7) is 7.44. The number of carbonyl (C=O) groups is 1. The number of amides is 1. The molecule has 88 valence electrons. The average molecular weight is 211 g/mol. The van der Waals surface area contributed by atoms with Gasteiger partial charge in [-0.2, -0.15) is 0 Å². The van der Waals surface area contributed by atoms with Crippen molar-refractivity contribution >= 4 is 5.91 Å². The molecular weight excluding hydrogens is 186 g/mol. The standard InChI is InChI=1S/C13H25NO/c1-4-11(5-2)13(15)14-10-8-7-9-12(14)6-3/h11-12H,4-10H2,1-3H3. The Labute approximate surface area is 94.0 Å². The van der Waals surface area contributed by atoms with Gasteiger partial charge in [-0.15, -0.1) is 0 Å². The molecule has 1 unspecified atom stereocenters. The van der Waals surface area contributed by atoms with E-state index in [1.165, 1.54) is 19.3 Å². The maximum absolute atomic E-state index is 12.3. The SMILES string of the molecule is CCC(CC)C(=O)N1CCCCC1CC. The fourth-order valence-corrected chi connectivity index (χ4v) is 2.59. The quantitative estimate of drug-likeness (QED) is 0.699. The molecule has 1 rings (SSSR count). The van der Waals surface area contributed by atoms with E-state index >= 15 is 0 Å². The first-order chi connectivity index (χ1) is 7.24. The van der Waals surface area contributed by atoms with Crippen molar-refractivity contribution in [2.24, 2.45) is 5.92 Å². The van der Waals surface area contributed by atoms with Gasteiger partial charge in [-0.05, 0) is 38.5 Å². The lowest BCUT2D eigenvalue weighted by atomic mass is 9.95. The molecule has 1 fully saturated rings. The van der Waals surface area contributed by atoms with Crippen LogP contribution >= 0.6 is 0 Å². The number of likely N-dealkylation sites (tertiary alicyclic amines) is 1. The van der Waals surface area contributed by atoms with E-state index in [0.29, 0.717) is 11.9 Å². The Morgan fingerprint density at radius 1 is 1.27 bits per heavy atom. The van der Waals surface area contributed by atoms with Crippen molar-refractivity contribution in [1.29, 1.82) is 0 Å². The fourth-order valence-electron chi connectivity index (χ4n) is 2.59. The van der Waals surface area contributed by atoms with Gasteiger partial charge in [-0.1, -0.05) is 20.8 Å². The van der Waals surface area contributed by atoms with Crippen molar-refractivity contribution in [3.05, 3.63) is 0 Å². The molecule has 15 heavy (non-hydrogen) atoms. The monoisotopic (exact) mass is 211 g/mol. The van der Waals surface area contributed by atoms with Crippen LogP contribution in [0, 0.1) is 5.92 Å². The molecule has 1 heterocycles. The molecule has 0 bridgehead atoms. The normalized spacial score (nSPS) is 22.1. The third-order valence-corrected chi connectivity index (χ3v) is 3.72. The molecule has 0 spiro atoms. The predicted octanol–water partition coefficient (Wildman–Crippen LogP) is 3.21. The minimum absolute atomic E-state index is 0.261. The molecule has 0 saturated carbocycles. The van der Waals surface area contributed by atoms with Crippen LogP contribution in [0.5, 0.6) is 0 Å². The Kier molecular flexibility index (Phi) is 5.13. The van der Waals surface area contributed by atoms with E-state index in [1.807, 2.05) is 0 Å². The van der Waals surface area contributed by atoms with Gasteiger partial charge < -0.3 is 4.90 Å². The molecule has 2 nitrogen and oxygen atoms in total. The number of piperidine rings is 1. The number of carbonyl (C=O) groups excluding carboxylic acids is 1. The smallest absolute Gasteiger partial charge is 0.225 e. The van der Waals surface area contributed by atoms with Crippen molar-refractivity contribution in [2.45, 2.75) is 65.3 Å². The molecule has 0 aromatic carbocycles. The number of hydrogen-bond donors (Lipinski definition) is 0. The maximum Gasteiger partial charge on any atom is 0.225 e. The lowest BCUT2D eigenvalue weighted by Gasteiger charge is -2.37. The van der Waals surface area contributed by atoms with Crippen LogP contribution in [0.2, 0.25) is 0 Å². The summed E-state index contributed by atoms with van der Waals surface area (Å²) in [5.74, 6) is 0.670. The van der Waals surface area contributed by atoms with E-state index < -0.39 is 0 Å². The lowest BCUT2D eigenvalue weighted by molar-refractivity contribution is -0.139. The molecule has 0 aromatic heterocycles. The lowest BCUT2D eigenvalue weighted by Crippen LogP contribution is -2.46.